The summed E-state index contributed by atoms with van der Waals surface area (Å²) in [4.78, 5) is 10.7. The molecule has 0 aliphatic carbocycles. The van der Waals surface area contributed by atoms with Crippen molar-refractivity contribution < 1.29 is 4.79 Å². The lowest BCUT2D eigenvalue weighted by Crippen LogP contribution is -1.90. The third kappa shape index (κ3) is 5.59. The molecule has 0 aromatic carbocycles. The smallest absolute Gasteiger partial charge is 0.155 e. The van der Waals surface area contributed by atoms with Crippen molar-refractivity contribution in [3.05, 3.63) is 23.3 Å². The number of carbonyl (C=O) groups excluding carboxylic acids is 1. The summed E-state index contributed by atoms with van der Waals surface area (Å²) in [7, 11) is 0. The standard InChI is InChI=1S/C10H16O/c1-8(2)6-5-7-9(3)10(4)11/h6-7H,5H2,1-4H3. The van der Waals surface area contributed by atoms with E-state index in [4.69, 9.17) is 0 Å². The SMILES string of the molecule is CC(=O)C(C)=CCC=C(C)C. The highest BCUT2D eigenvalue weighted by Crippen LogP contribution is 1.99. The lowest BCUT2D eigenvalue weighted by molar-refractivity contribution is -0.113. The second-order valence-electron chi connectivity index (χ2n) is 2.96. The molecule has 0 rings (SSSR count). The van der Waals surface area contributed by atoms with Crippen molar-refractivity contribution in [2.75, 3.05) is 0 Å². The second kappa shape index (κ2) is 4.89. The Balaban J connectivity index is 3.94. The van der Waals surface area contributed by atoms with Crippen LogP contribution in [0.25, 0.3) is 0 Å². The number of hydrogen-bond acceptors (Lipinski definition) is 1. The number of rotatable bonds is 3. The topological polar surface area (TPSA) is 17.1 Å². The van der Waals surface area contributed by atoms with Gasteiger partial charge in [0.1, 0.15) is 0 Å². The molecule has 0 N–H and O–H groups in total. The van der Waals surface area contributed by atoms with Gasteiger partial charge < -0.3 is 0 Å². The van der Waals surface area contributed by atoms with Crippen LogP contribution >= 0.6 is 0 Å². The highest BCUT2D eigenvalue weighted by atomic mass is 16.1. The zero-order valence-corrected chi connectivity index (χ0v) is 7.77. The third-order valence-electron chi connectivity index (χ3n) is 1.51. The molecule has 0 spiro atoms. The predicted molar refractivity (Wildman–Crippen MR) is 48.5 cm³/mol. The first kappa shape index (κ1) is 10.2. The highest BCUT2D eigenvalue weighted by Gasteiger charge is 1.92. The number of hydrogen-bond donors (Lipinski definition) is 0. The molecular formula is C10H16O. The van der Waals surface area contributed by atoms with Crippen LogP contribution in [-0.2, 0) is 4.79 Å². The van der Waals surface area contributed by atoms with Gasteiger partial charge in [-0.15, -0.1) is 0 Å². The van der Waals surface area contributed by atoms with Crippen molar-refractivity contribution in [1.82, 2.24) is 0 Å². The van der Waals surface area contributed by atoms with Gasteiger partial charge in [-0.3, -0.25) is 4.79 Å². The van der Waals surface area contributed by atoms with Crippen LogP contribution in [0.2, 0.25) is 0 Å². The lowest BCUT2D eigenvalue weighted by atomic mass is 10.1. The molecule has 0 heterocycles. The molecule has 0 atom stereocenters. The lowest BCUT2D eigenvalue weighted by Gasteiger charge is -1.91. The fourth-order valence-electron chi connectivity index (χ4n) is 0.615. The molecule has 0 aromatic rings. The summed E-state index contributed by atoms with van der Waals surface area (Å²) < 4.78 is 0. The molecule has 1 nitrogen and oxygen atoms in total. The zero-order valence-electron chi connectivity index (χ0n) is 7.77. The minimum absolute atomic E-state index is 0.159. The summed E-state index contributed by atoms with van der Waals surface area (Å²) in [5, 5.41) is 0. The van der Waals surface area contributed by atoms with E-state index in [9.17, 15) is 4.79 Å². The van der Waals surface area contributed by atoms with Crippen LogP contribution in [0.1, 0.15) is 34.1 Å². The summed E-state index contributed by atoms with van der Waals surface area (Å²) in [6.45, 7) is 7.55. The first-order valence-electron chi connectivity index (χ1n) is 3.85. The van der Waals surface area contributed by atoms with E-state index in [2.05, 4.69) is 19.9 Å². The number of carbonyl (C=O) groups is 1. The number of allylic oxidation sites excluding steroid dienone is 4. The number of ketones is 1. The maximum Gasteiger partial charge on any atom is 0.155 e. The molecule has 0 aliphatic rings. The molecule has 0 radical (unpaired) electrons. The molecule has 0 fully saturated rings. The first-order valence-corrected chi connectivity index (χ1v) is 3.85. The van der Waals surface area contributed by atoms with Crippen molar-refractivity contribution in [2.45, 2.75) is 34.1 Å². The van der Waals surface area contributed by atoms with Crippen LogP contribution in [0.3, 0.4) is 0 Å². The van der Waals surface area contributed by atoms with Crippen LogP contribution in [0.5, 0.6) is 0 Å². The van der Waals surface area contributed by atoms with Crippen LogP contribution in [0.4, 0.5) is 0 Å². The van der Waals surface area contributed by atoms with E-state index in [0.29, 0.717) is 0 Å². The summed E-state index contributed by atoms with van der Waals surface area (Å²) in [5.41, 5.74) is 2.14. The van der Waals surface area contributed by atoms with Gasteiger partial charge >= 0.3 is 0 Å². The Morgan fingerprint density at radius 3 is 2.00 bits per heavy atom. The normalized spacial score (nSPS) is 11.1. The van der Waals surface area contributed by atoms with E-state index in [1.165, 1.54) is 5.57 Å². The average Bonchev–Trinajstić information content (AvgIpc) is 1.86. The van der Waals surface area contributed by atoms with E-state index < -0.39 is 0 Å². The van der Waals surface area contributed by atoms with Crippen LogP contribution < -0.4 is 0 Å². The molecule has 0 aromatic heterocycles. The number of Topliss-reactive ketones (excluding diaryl/α,β-unsaturated/α-hetero) is 1. The van der Waals surface area contributed by atoms with Crippen molar-refractivity contribution in [2.24, 2.45) is 0 Å². The van der Waals surface area contributed by atoms with E-state index in [0.717, 1.165) is 12.0 Å². The van der Waals surface area contributed by atoms with Crippen molar-refractivity contribution in [3.8, 4) is 0 Å². The molecule has 0 amide bonds. The average molecular weight is 152 g/mol. The highest BCUT2D eigenvalue weighted by molar-refractivity contribution is 5.92. The van der Waals surface area contributed by atoms with Crippen molar-refractivity contribution >= 4 is 5.78 Å². The van der Waals surface area contributed by atoms with Crippen LogP contribution in [0, 0.1) is 0 Å². The molecular weight excluding hydrogens is 136 g/mol. The van der Waals surface area contributed by atoms with Gasteiger partial charge in [0, 0.05) is 0 Å². The Kier molecular flexibility index (Phi) is 4.51. The van der Waals surface area contributed by atoms with Gasteiger partial charge in [-0.2, -0.15) is 0 Å². The monoisotopic (exact) mass is 152 g/mol. The Hall–Kier alpha value is -0.850. The van der Waals surface area contributed by atoms with E-state index in [-0.39, 0.29) is 5.78 Å². The van der Waals surface area contributed by atoms with Gasteiger partial charge in [-0.25, -0.2) is 0 Å². The molecule has 0 unspecified atom stereocenters. The maximum atomic E-state index is 10.7. The zero-order chi connectivity index (χ0) is 8.85. The summed E-state index contributed by atoms with van der Waals surface area (Å²) in [6.07, 6.45) is 4.93. The molecule has 1 heteroatoms. The Bertz CT molecular complexity index is 193. The van der Waals surface area contributed by atoms with Crippen molar-refractivity contribution in [3.63, 3.8) is 0 Å². The molecule has 0 bridgehead atoms. The molecule has 62 valence electrons. The van der Waals surface area contributed by atoms with Crippen molar-refractivity contribution in [1.29, 1.82) is 0 Å². The molecule has 0 saturated heterocycles. The Morgan fingerprint density at radius 2 is 1.64 bits per heavy atom. The third-order valence-corrected chi connectivity index (χ3v) is 1.51. The fraction of sp³-hybridized carbons (Fsp3) is 0.500. The predicted octanol–water partition coefficient (Wildman–Crippen LogP) is 2.88. The van der Waals surface area contributed by atoms with Crippen LogP contribution in [-0.4, -0.2) is 5.78 Å². The van der Waals surface area contributed by atoms with Gasteiger partial charge in [0.15, 0.2) is 5.78 Å². The van der Waals surface area contributed by atoms with E-state index >= 15 is 0 Å². The van der Waals surface area contributed by atoms with Gasteiger partial charge in [-0.1, -0.05) is 17.7 Å². The van der Waals surface area contributed by atoms with Crippen LogP contribution in [0.15, 0.2) is 23.3 Å². The Morgan fingerprint density at radius 1 is 1.09 bits per heavy atom. The minimum Gasteiger partial charge on any atom is -0.295 e. The molecule has 0 aliphatic heterocycles. The fourth-order valence-corrected chi connectivity index (χ4v) is 0.615. The quantitative estimate of drug-likeness (QED) is 0.449. The maximum absolute atomic E-state index is 10.7. The van der Waals surface area contributed by atoms with Gasteiger partial charge in [0.05, 0.1) is 0 Å². The summed E-state index contributed by atoms with van der Waals surface area (Å²) in [6, 6.07) is 0. The first-order chi connectivity index (χ1) is 5.04. The summed E-state index contributed by atoms with van der Waals surface area (Å²) in [5.74, 6) is 0.159. The molecule has 0 saturated carbocycles. The van der Waals surface area contributed by atoms with Gasteiger partial charge in [-0.05, 0) is 39.7 Å². The van der Waals surface area contributed by atoms with E-state index in [1.807, 2.05) is 13.0 Å². The van der Waals surface area contributed by atoms with Gasteiger partial charge in [0.2, 0.25) is 0 Å². The largest absolute Gasteiger partial charge is 0.295 e. The minimum atomic E-state index is 0.159. The summed E-state index contributed by atoms with van der Waals surface area (Å²) >= 11 is 0. The Labute approximate surface area is 68.8 Å². The molecule has 11 heavy (non-hydrogen) atoms. The van der Waals surface area contributed by atoms with Gasteiger partial charge in [0.25, 0.3) is 0 Å². The second-order valence-corrected chi connectivity index (χ2v) is 2.96. The van der Waals surface area contributed by atoms with E-state index in [1.54, 1.807) is 6.92 Å².